The van der Waals surface area contributed by atoms with Gasteiger partial charge >= 0.3 is 0 Å². The summed E-state index contributed by atoms with van der Waals surface area (Å²) in [6.45, 7) is 0.0573. The Morgan fingerprint density at radius 2 is 1.79 bits per heavy atom. The highest BCUT2D eigenvalue weighted by atomic mass is 35.5. The van der Waals surface area contributed by atoms with Gasteiger partial charge in [-0.05, 0) is 48.1 Å². The average Bonchev–Trinajstić information content (AvgIpc) is 2.43. The van der Waals surface area contributed by atoms with Crippen molar-refractivity contribution in [2.24, 2.45) is 5.92 Å². The summed E-state index contributed by atoms with van der Waals surface area (Å²) in [6, 6.07) is 14.3. The van der Waals surface area contributed by atoms with E-state index in [4.69, 9.17) is 11.6 Å². The van der Waals surface area contributed by atoms with Crippen LogP contribution in [-0.4, -0.2) is 11.7 Å². The smallest absolute Gasteiger partial charge is 0.123 e. The zero-order valence-corrected chi connectivity index (χ0v) is 11.3. The number of aliphatic hydroxyl groups excluding tert-OH is 1. The second-order valence-electron chi connectivity index (χ2n) is 4.68. The van der Waals surface area contributed by atoms with Crippen LogP contribution in [0.2, 0.25) is 5.02 Å². The van der Waals surface area contributed by atoms with Gasteiger partial charge in [-0.1, -0.05) is 41.9 Å². The number of benzene rings is 2. The molecule has 0 saturated carbocycles. The molecule has 1 nitrogen and oxygen atoms in total. The van der Waals surface area contributed by atoms with Crippen molar-refractivity contribution in [1.29, 1.82) is 0 Å². The van der Waals surface area contributed by atoms with E-state index in [1.165, 1.54) is 12.1 Å². The first-order valence-electron chi connectivity index (χ1n) is 6.27. The molecule has 0 heterocycles. The van der Waals surface area contributed by atoms with Crippen LogP contribution in [0, 0.1) is 11.7 Å². The number of halogens is 2. The molecule has 0 aliphatic rings. The molecule has 0 spiro atoms. The van der Waals surface area contributed by atoms with Crippen molar-refractivity contribution in [3.05, 3.63) is 70.5 Å². The molecule has 0 aromatic heterocycles. The molecule has 100 valence electrons. The topological polar surface area (TPSA) is 20.2 Å². The van der Waals surface area contributed by atoms with Crippen molar-refractivity contribution >= 4 is 11.6 Å². The maximum atomic E-state index is 13.2. The molecule has 1 N–H and O–H groups in total. The van der Waals surface area contributed by atoms with Crippen molar-refractivity contribution in [3.63, 3.8) is 0 Å². The molecule has 19 heavy (non-hydrogen) atoms. The van der Waals surface area contributed by atoms with Gasteiger partial charge in [0.15, 0.2) is 0 Å². The molecule has 0 amide bonds. The molecule has 0 aliphatic carbocycles. The molecule has 3 heteroatoms. The summed E-state index contributed by atoms with van der Waals surface area (Å²) in [5, 5.41) is 10.0. The van der Waals surface area contributed by atoms with Gasteiger partial charge in [-0.2, -0.15) is 0 Å². The number of hydrogen-bond donors (Lipinski definition) is 1. The normalized spacial score (nSPS) is 12.4. The van der Waals surface area contributed by atoms with Crippen LogP contribution >= 0.6 is 11.6 Å². The van der Waals surface area contributed by atoms with E-state index in [-0.39, 0.29) is 18.3 Å². The average molecular weight is 279 g/mol. The van der Waals surface area contributed by atoms with E-state index < -0.39 is 0 Å². The SMILES string of the molecule is OCC(Cc1ccccc1)Cc1cc(F)ccc1Cl. The van der Waals surface area contributed by atoms with E-state index in [2.05, 4.69) is 0 Å². The molecular weight excluding hydrogens is 263 g/mol. The Balaban J connectivity index is 2.09. The Labute approximate surface area is 117 Å². The molecule has 0 fully saturated rings. The summed E-state index contributed by atoms with van der Waals surface area (Å²) in [4.78, 5) is 0. The minimum atomic E-state index is -0.296. The van der Waals surface area contributed by atoms with Gasteiger partial charge in [-0.15, -0.1) is 0 Å². The largest absolute Gasteiger partial charge is 0.396 e. The second-order valence-corrected chi connectivity index (χ2v) is 5.09. The predicted molar refractivity (Wildman–Crippen MR) is 75.8 cm³/mol. The van der Waals surface area contributed by atoms with Crippen molar-refractivity contribution in [3.8, 4) is 0 Å². The first kappa shape index (κ1) is 14.0. The minimum absolute atomic E-state index is 0.0432. The Kier molecular flexibility index (Phi) is 4.94. The fraction of sp³-hybridized carbons (Fsp3) is 0.250. The summed E-state index contributed by atoms with van der Waals surface area (Å²) in [6.07, 6.45) is 1.33. The van der Waals surface area contributed by atoms with Crippen LogP contribution in [-0.2, 0) is 12.8 Å². The predicted octanol–water partition coefficient (Wildman–Crippen LogP) is 3.87. The Morgan fingerprint density at radius 3 is 2.47 bits per heavy atom. The number of hydrogen-bond acceptors (Lipinski definition) is 1. The van der Waals surface area contributed by atoms with Crippen molar-refractivity contribution in [2.45, 2.75) is 12.8 Å². The Morgan fingerprint density at radius 1 is 1.05 bits per heavy atom. The third-order valence-corrected chi connectivity index (χ3v) is 3.51. The van der Waals surface area contributed by atoms with E-state index in [9.17, 15) is 9.50 Å². The van der Waals surface area contributed by atoms with E-state index >= 15 is 0 Å². The zero-order chi connectivity index (χ0) is 13.7. The lowest BCUT2D eigenvalue weighted by atomic mass is 9.93. The summed E-state index contributed by atoms with van der Waals surface area (Å²) < 4.78 is 13.2. The number of aliphatic hydroxyl groups is 1. The standard InChI is InChI=1S/C16H16ClFO/c17-16-7-6-15(18)10-14(16)9-13(11-19)8-12-4-2-1-3-5-12/h1-7,10,13,19H,8-9,11H2. The van der Waals surface area contributed by atoms with Crippen LogP contribution in [0.15, 0.2) is 48.5 Å². The summed E-state index contributed by atoms with van der Waals surface area (Å²) in [5.74, 6) is -0.252. The molecule has 1 unspecified atom stereocenters. The molecule has 0 radical (unpaired) electrons. The zero-order valence-electron chi connectivity index (χ0n) is 10.5. The summed E-state index contributed by atoms with van der Waals surface area (Å²) >= 11 is 6.05. The molecule has 1 atom stereocenters. The molecule has 0 bridgehead atoms. The van der Waals surface area contributed by atoms with Crippen molar-refractivity contribution in [1.82, 2.24) is 0 Å². The van der Waals surface area contributed by atoms with Gasteiger partial charge in [0.1, 0.15) is 5.82 Å². The molecule has 0 saturated heterocycles. The fourth-order valence-corrected chi connectivity index (χ4v) is 2.35. The molecule has 2 aromatic carbocycles. The third-order valence-electron chi connectivity index (χ3n) is 3.14. The van der Waals surface area contributed by atoms with Gasteiger partial charge in [-0.3, -0.25) is 0 Å². The van der Waals surface area contributed by atoms with Gasteiger partial charge in [0.25, 0.3) is 0 Å². The van der Waals surface area contributed by atoms with Gasteiger partial charge in [-0.25, -0.2) is 4.39 Å². The highest BCUT2D eigenvalue weighted by molar-refractivity contribution is 6.31. The Bertz CT molecular complexity index is 528. The molecular formula is C16H16ClFO. The first-order chi connectivity index (χ1) is 9.19. The second kappa shape index (κ2) is 6.69. The molecule has 0 aliphatic heterocycles. The van der Waals surface area contributed by atoms with E-state index in [1.807, 2.05) is 30.3 Å². The summed E-state index contributed by atoms with van der Waals surface area (Å²) in [5.41, 5.74) is 1.91. The van der Waals surface area contributed by atoms with E-state index in [1.54, 1.807) is 6.07 Å². The van der Waals surface area contributed by atoms with Gasteiger partial charge in [0.2, 0.25) is 0 Å². The van der Waals surface area contributed by atoms with Crippen LogP contribution in [0.4, 0.5) is 4.39 Å². The van der Waals surface area contributed by atoms with E-state index in [0.29, 0.717) is 11.4 Å². The maximum Gasteiger partial charge on any atom is 0.123 e. The monoisotopic (exact) mass is 278 g/mol. The first-order valence-corrected chi connectivity index (χ1v) is 6.65. The van der Waals surface area contributed by atoms with Crippen LogP contribution in [0.25, 0.3) is 0 Å². The Hall–Kier alpha value is -1.38. The molecule has 2 rings (SSSR count). The van der Waals surface area contributed by atoms with Crippen LogP contribution < -0.4 is 0 Å². The molecule has 2 aromatic rings. The van der Waals surface area contributed by atoms with Crippen LogP contribution in [0.1, 0.15) is 11.1 Å². The van der Waals surface area contributed by atoms with Gasteiger partial charge in [0, 0.05) is 11.6 Å². The lowest BCUT2D eigenvalue weighted by Crippen LogP contribution is -2.13. The van der Waals surface area contributed by atoms with Gasteiger partial charge in [0.05, 0.1) is 0 Å². The van der Waals surface area contributed by atoms with Crippen LogP contribution in [0.5, 0.6) is 0 Å². The minimum Gasteiger partial charge on any atom is -0.396 e. The van der Waals surface area contributed by atoms with E-state index in [0.717, 1.165) is 17.5 Å². The highest BCUT2D eigenvalue weighted by Crippen LogP contribution is 2.22. The summed E-state index contributed by atoms with van der Waals surface area (Å²) in [7, 11) is 0. The quantitative estimate of drug-likeness (QED) is 0.880. The number of rotatable bonds is 5. The third kappa shape index (κ3) is 4.05. The lowest BCUT2D eigenvalue weighted by Gasteiger charge is -2.15. The highest BCUT2D eigenvalue weighted by Gasteiger charge is 2.12. The van der Waals surface area contributed by atoms with Crippen molar-refractivity contribution < 1.29 is 9.50 Å². The fourth-order valence-electron chi connectivity index (χ4n) is 2.16. The lowest BCUT2D eigenvalue weighted by molar-refractivity contribution is 0.225. The van der Waals surface area contributed by atoms with Crippen LogP contribution in [0.3, 0.4) is 0 Å². The van der Waals surface area contributed by atoms with Crippen molar-refractivity contribution in [2.75, 3.05) is 6.61 Å². The maximum absolute atomic E-state index is 13.2. The van der Waals surface area contributed by atoms with Gasteiger partial charge < -0.3 is 5.11 Å².